The SMILES string of the molecule is CC(C)C[C@H](N)C(=O)C(O)(C(=O)OCc1ccccc1)C(N)C(C1CCCCC1)S(=O)(=O)O. The van der Waals surface area contributed by atoms with Crippen LogP contribution in [0.5, 0.6) is 0 Å². The molecule has 0 radical (unpaired) electrons. The van der Waals surface area contributed by atoms with Gasteiger partial charge in [-0.25, -0.2) is 4.79 Å². The number of hydrogen-bond donors (Lipinski definition) is 4. The predicted octanol–water partition coefficient (Wildman–Crippen LogP) is 1.57. The quantitative estimate of drug-likeness (QED) is 0.207. The molecule has 0 spiro atoms. The summed E-state index contributed by atoms with van der Waals surface area (Å²) in [5.74, 6) is -3.16. The molecular weight excluding hydrogens is 448 g/mol. The molecule has 33 heavy (non-hydrogen) atoms. The third-order valence-electron chi connectivity index (χ3n) is 6.26. The normalized spacial score (nSPS) is 20.0. The summed E-state index contributed by atoms with van der Waals surface area (Å²) in [6, 6.07) is 5.35. The number of Topliss-reactive ketones (excluding diaryl/α,β-unsaturated/α-hetero) is 1. The molecule has 3 unspecified atom stereocenters. The zero-order chi connectivity index (χ0) is 24.8. The molecule has 186 valence electrons. The van der Waals surface area contributed by atoms with Gasteiger partial charge in [-0.2, -0.15) is 8.42 Å². The molecule has 0 aliphatic heterocycles. The van der Waals surface area contributed by atoms with Crippen LogP contribution in [0.15, 0.2) is 30.3 Å². The van der Waals surface area contributed by atoms with Crippen LogP contribution in [0.25, 0.3) is 0 Å². The molecule has 0 saturated heterocycles. The maximum Gasteiger partial charge on any atom is 0.348 e. The topological polar surface area (TPSA) is 170 Å². The van der Waals surface area contributed by atoms with Gasteiger partial charge in [0.2, 0.25) is 5.60 Å². The fraction of sp³-hybridized carbons (Fsp3) is 0.652. The van der Waals surface area contributed by atoms with Crippen LogP contribution >= 0.6 is 0 Å². The molecule has 1 aliphatic rings. The highest BCUT2D eigenvalue weighted by Crippen LogP contribution is 2.34. The van der Waals surface area contributed by atoms with Crippen molar-refractivity contribution in [2.75, 3.05) is 0 Å². The molecule has 6 N–H and O–H groups in total. The summed E-state index contributed by atoms with van der Waals surface area (Å²) in [5.41, 5.74) is 9.73. The maximum atomic E-state index is 13.3. The number of carbonyl (C=O) groups excluding carboxylic acids is 2. The first-order chi connectivity index (χ1) is 15.4. The molecule has 0 aromatic heterocycles. The van der Waals surface area contributed by atoms with Crippen molar-refractivity contribution in [1.29, 1.82) is 0 Å². The number of nitrogens with two attached hydrogens (primary N) is 2. The number of benzene rings is 1. The molecular formula is C23H36N2O7S. The van der Waals surface area contributed by atoms with E-state index < -0.39 is 50.7 Å². The zero-order valence-electron chi connectivity index (χ0n) is 19.2. The third kappa shape index (κ3) is 6.83. The molecule has 9 nitrogen and oxygen atoms in total. The summed E-state index contributed by atoms with van der Waals surface area (Å²) >= 11 is 0. The van der Waals surface area contributed by atoms with E-state index in [1.54, 1.807) is 30.3 Å². The number of ether oxygens (including phenoxy) is 1. The van der Waals surface area contributed by atoms with Crippen molar-refractivity contribution in [1.82, 2.24) is 0 Å². The molecule has 0 amide bonds. The maximum absolute atomic E-state index is 13.3. The van der Waals surface area contributed by atoms with Crippen LogP contribution in [-0.2, 0) is 31.1 Å². The first-order valence-corrected chi connectivity index (χ1v) is 12.8. The van der Waals surface area contributed by atoms with E-state index >= 15 is 0 Å². The van der Waals surface area contributed by atoms with Crippen LogP contribution in [0.3, 0.4) is 0 Å². The third-order valence-corrected chi connectivity index (χ3v) is 7.62. The van der Waals surface area contributed by atoms with Gasteiger partial charge >= 0.3 is 5.97 Å². The van der Waals surface area contributed by atoms with Gasteiger partial charge in [0.15, 0.2) is 5.78 Å². The van der Waals surface area contributed by atoms with Gasteiger partial charge in [-0.1, -0.05) is 63.4 Å². The van der Waals surface area contributed by atoms with E-state index in [4.69, 9.17) is 16.2 Å². The highest BCUT2D eigenvalue weighted by atomic mass is 32.2. The molecule has 1 saturated carbocycles. The van der Waals surface area contributed by atoms with Crippen molar-refractivity contribution in [3.05, 3.63) is 35.9 Å². The molecule has 1 aromatic carbocycles. The number of ketones is 1. The Balaban J connectivity index is 2.44. The van der Waals surface area contributed by atoms with Crippen molar-refractivity contribution in [3.8, 4) is 0 Å². The lowest BCUT2D eigenvalue weighted by Crippen LogP contribution is -2.69. The monoisotopic (exact) mass is 484 g/mol. The molecule has 4 atom stereocenters. The average molecular weight is 485 g/mol. The highest BCUT2D eigenvalue weighted by Gasteiger charge is 2.58. The van der Waals surface area contributed by atoms with Crippen molar-refractivity contribution in [2.45, 2.75) is 81.9 Å². The number of rotatable bonds is 11. The van der Waals surface area contributed by atoms with E-state index in [1.807, 2.05) is 13.8 Å². The standard InChI is InChI=1S/C23H36N2O7S/c1-15(2)13-18(24)21(26)23(28,22(27)32-14-16-9-5-3-6-10-16)20(25)19(33(29,30)31)17-11-7-4-8-12-17/h3,5-6,9-10,15,17-20,28H,4,7-8,11-14,24-25H2,1-2H3,(H,29,30,31)/t18-,19?,20?,23?/m0/s1. The van der Waals surface area contributed by atoms with Crippen LogP contribution in [0.4, 0.5) is 0 Å². The molecule has 1 fully saturated rings. The highest BCUT2D eigenvalue weighted by molar-refractivity contribution is 7.86. The number of aliphatic hydroxyl groups is 1. The number of esters is 1. The summed E-state index contributed by atoms with van der Waals surface area (Å²) in [6.07, 6.45) is 3.31. The van der Waals surface area contributed by atoms with Crippen LogP contribution < -0.4 is 11.5 Å². The van der Waals surface area contributed by atoms with E-state index in [9.17, 15) is 27.7 Å². The van der Waals surface area contributed by atoms with Gasteiger partial charge < -0.3 is 21.3 Å². The Morgan fingerprint density at radius 3 is 2.21 bits per heavy atom. The second-order valence-corrected chi connectivity index (χ2v) is 10.9. The Hall–Kier alpha value is -1.85. The Morgan fingerprint density at radius 2 is 1.70 bits per heavy atom. The van der Waals surface area contributed by atoms with E-state index in [2.05, 4.69) is 0 Å². The van der Waals surface area contributed by atoms with Gasteiger partial charge in [-0.15, -0.1) is 0 Å². The first-order valence-electron chi connectivity index (χ1n) is 11.3. The summed E-state index contributed by atoms with van der Waals surface area (Å²) in [7, 11) is -4.82. The predicted molar refractivity (Wildman–Crippen MR) is 124 cm³/mol. The van der Waals surface area contributed by atoms with Gasteiger partial charge in [0, 0.05) is 0 Å². The van der Waals surface area contributed by atoms with Gasteiger partial charge in [0.1, 0.15) is 11.9 Å². The largest absolute Gasteiger partial charge is 0.458 e. The lowest BCUT2D eigenvalue weighted by molar-refractivity contribution is -0.175. The Labute approximate surface area is 195 Å². The average Bonchev–Trinajstić information content (AvgIpc) is 2.76. The fourth-order valence-corrected chi connectivity index (χ4v) is 5.88. The fourth-order valence-electron chi connectivity index (χ4n) is 4.55. The van der Waals surface area contributed by atoms with Crippen LogP contribution in [-0.4, -0.2) is 52.8 Å². The summed E-state index contributed by atoms with van der Waals surface area (Å²) in [4.78, 5) is 26.4. The lowest BCUT2D eigenvalue weighted by Gasteiger charge is -2.39. The van der Waals surface area contributed by atoms with Gasteiger partial charge in [0.05, 0.1) is 12.1 Å². The lowest BCUT2D eigenvalue weighted by atomic mass is 9.76. The van der Waals surface area contributed by atoms with Crippen molar-refractivity contribution < 1.29 is 32.4 Å². The summed E-state index contributed by atoms with van der Waals surface area (Å²) in [6.45, 7) is 3.35. The van der Waals surface area contributed by atoms with Crippen molar-refractivity contribution in [2.24, 2.45) is 23.3 Å². The van der Waals surface area contributed by atoms with E-state index in [-0.39, 0.29) is 18.9 Å². The summed E-state index contributed by atoms with van der Waals surface area (Å²) in [5, 5.41) is 9.72. The Morgan fingerprint density at radius 1 is 1.12 bits per heavy atom. The second kappa shape index (κ2) is 11.5. The number of hydrogen-bond acceptors (Lipinski definition) is 8. The van der Waals surface area contributed by atoms with E-state index in [0.29, 0.717) is 31.2 Å². The minimum atomic E-state index is -4.82. The molecule has 2 rings (SSSR count). The molecule has 1 aliphatic carbocycles. The number of carbonyl (C=O) groups is 2. The molecule has 10 heteroatoms. The molecule has 0 heterocycles. The zero-order valence-corrected chi connectivity index (χ0v) is 20.0. The molecule has 1 aromatic rings. The van der Waals surface area contributed by atoms with Crippen molar-refractivity contribution >= 4 is 21.9 Å². The minimum absolute atomic E-state index is 0.0412. The van der Waals surface area contributed by atoms with Crippen LogP contribution in [0.2, 0.25) is 0 Å². The second-order valence-electron chi connectivity index (χ2n) is 9.33. The van der Waals surface area contributed by atoms with Crippen LogP contribution in [0.1, 0.15) is 57.9 Å². The minimum Gasteiger partial charge on any atom is -0.458 e. The molecule has 0 bridgehead atoms. The van der Waals surface area contributed by atoms with Crippen LogP contribution in [0, 0.1) is 11.8 Å². The smallest absolute Gasteiger partial charge is 0.348 e. The van der Waals surface area contributed by atoms with Crippen molar-refractivity contribution in [3.63, 3.8) is 0 Å². The Bertz CT molecular complexity index is 901. The van der Waals surface area contributed by atoms with E-state index in [0.717, 1.165) is 6.42 Å². The van der Waals surface area contributed by atoms with Gasteiger partial charge in [-0.3, -0.25) is 9.35 Å². The Kier molecular flexibility index (Phi) is 9.57. The first kappa shape index (κ1) is 27.4. The van der Waals surface area contributed by atoms with E-state index in [1.165, 1.54) is 0 Å². The van der Waals surface area contributed by atoms with Gasteiger partial charge in [-0.05, 0) is 36.7 Å². The van der Waals surface area contributed by atoms with Gasteiger partial charge in [0.25, 0.3) is 10.1 Å². The summed E-state index contributed by atoms with van der Waals surface area (Å²) < 4.78 is 39.9.